The van der Waals surface area contributed by atoms with Gasteiger partial charge in [-0.25, -0.2) is 4.99 Å². The van der Waals surface area contributed by atoms with Crippen molar-refractivity contribution in [2.75, 3.05) is 26.2 Å². The Kier molecular flexibility index (Phi) is 11.2. The largest absolute Gasteiger partial charge is 0.466 e. The molecule has 154 valence electrons. The van der Waals surface area contributed by atoms with Gasteiger partial charge in [-0.3, -0.25) is 4.79 Å². The van der Waals surface area contributed by atoms with Crippen LogP contribution in [0.4, 0.5) is 0 Å². The van der Waals surface area contributed by atoms with E-state index in [-0.39, 0.29) is 12.5 Å². The molecule has 0 saturated heterocycles. The minimum atomic E-state index is -1.13. The van der Waals surface area contributed by atoms with Crippen LogP contribution in [-0.4, -0.2) is 43.3 Å². The van der Waals surface area contributed by atoms with Crippen LogP contribution in [-0.2, 0) is 15.1 Å². The molecule has 0 radical (unpaired) electrons. The lowest BCUT2D eigenvalue weighted by molar-refractivity contribution is -0.143. The minimum Gasteiger partial charge on any atom is -0.466 e. The van der Waals surface area contributed by atoms with Gasteiger partial charge in [-0.15, -0.1) is 0 Å². The first-order valence-electron chi connectivity index (χ1n) is 9.93. The van der Waals surface area contributed by atoms with Crippen molar-refractivity contribution in [2.24, 2.45) is 4.99 Å². The number of guanidine groups is 1. The monoisotopic (exact) mass is 381 g/mol. The number of aliphatic imine (C=N–C) groups is 1. The highest BCUT2D eigenvalue weighted by atomic mass is 16.5. The lowest BCUT2D eigenvalue weighted by Crippen LogP contribution is -2.39. The standard InChI is InChI=1S/C20H35N3O4/c1-4-21-19(23-16-20(3,25)17-12-11-15-27-17)22-14-10-8-6-7-9-13-18(24)26-5-2/h11-12,15,25H,4-10,13-14,16H2,1-3H3,(H2,21,22,23). The summed E-state index contributed by atoms with van der Waals surface area (Å²) in [6.45, 7) is 7.75. The zero-order valence-corrected chi connectivity index (χ0v) is 16.9. The molecule has 0 fully saturated rings. The summed E-state index contributed by atoms with van der Waals surface area (Å²) in [6, 6.07) is 3.50. The molecule has 1 aromatic rings. The number of rotatable bonds is 13. The molecular weight excluding hydrogens is 346 g/mol. The Labute approximate surface area is 162 Å². The molecule has 1 unspecified atom stereocenters. The highest BCUT2D eigenvalue weighted by Crippen LogP contribution is 2.21. The molecule has 7 nitrogen and oxygen atoms in total. The van der Waals surface area contributed by atoms with Crippen molar-refractivity contribution in [2.45, 2.75) is 64.9 Å². The first-order chi connectivity index (χ1) is 13.0. The van der Waals surface area contributed by atoms with Crippen LogP contribution in [0.15, 0.2) is 27.8 Å². The van der Waals surface area contributed by atoms with Gasteiger partial charge in [0.2, 0.25) is 0 Å². The number of ether oxygens (including phenoxy) is 1. The van der Waals surface area contributed by atoms with E-state index in [1.165, 1.54) is 0 Å². The van der Waals surface area contributed by atoms with Crippen LogP contribution in [0.5, 0.6) is 0 Å². The predicted molar refractivity (Wildman–Crippen MR) is 107 cm³/mol. The molecule has 7 heteroatoms. The van der Waals surface area contributed by atoms with E-state index in [0.29, 0.717) is 24.7 Å². The molecule has 1 heterocycles. The highest BCUT2D eigenvalue weighted by molar-refractivity contribution is 5.79. The summed E-state index contributed by atoms with van der Waals surface area (Å²) >= 11 is 0. The maximum Gasteiger partial charge on any atom is 0.305 e. The number of carbonyl (C=O) groups excluding carboxylic acids is 1. The van der Waals surface area contributed by atoms with Crippen molar-refractivity contribution >= 4 is 11.9 Å². The first kappa shape index (κ1) is 23.0. The number of nitrogens with zero attached hydrogens (tertiary/aromatic N) is 1. The number of hydrogen-bond donors (Lipinski definition) is 3. The SMILES string of the molecule is CCNC(=NCC(C)(O)c1ccco1)NCCCCCCCC(=O)OCC. The second-order valence-electron chi connectivity index (χ2n) is 6.70. The van der Waals surface area contributed by atoms with Crippen molar-refractivity contribution in [1.29, 1.82) is 0 Å². The molecular formula is C20H35N3O4. The Morgan fingerprint density at radius 2 is 1.96 bits per heavy atom. The van der Waals surface area contributed by atoms with E-state index in [1.807, 2.05) is 13.8 Å². The number of furan rings is 1. The Morgan fingerprint density at radius 3 is 2.63 bits per heavy atom. The van der Waals surface area contributed by atoms with Gasteiger partial charge in [-0.05, 0) is 45.7 Å². The predicted octanol–water partition coefficient (Wildman–Crippen LogP) is 2.95. The van der Waals surface area contributed by atoms with Gasteiger partial charge in [0.05, 0.1) is 19.4 Å². The highest BCUT2D eigenvalue weighted by Gasteiger charge is 2.25. The van der Waals surface area contributed by atoms with Gasteiger partial charge in [0.25, 0.3) is 0 Å². The second kappa shape index (κ2) is 13.2. The van der Waals surface area contributed by atoms with Gasteiger partial charge >= 0.3 is 5.97 Å². The summed E-state index contributed by atoms with van der Waals surface area (Å²) in [4.78, 5) is 15.7. The summed E-state index contributed by atoms with van der Waals surface area (Å²) in [6.07, 6.45) is 7.21. The van der Waals surface area contributed by atoms with Crippen LogP contribution in [0.25, 0.3) is 0 Å². The van der Waals surface area contributed by atoms with Crippen molar-refractivity contribution in [3.05, 3.63) is 24.2 Å². The lowest BCUT2D eigenvalue weighted by Gasteiger charge is -2.19. The molecule has 0 aromatic carbocycles. The Bertz CT molecular complexity index is 541. The molecule has 27 heavy (non-hydrogen) atoms. The Hall–Kier alpha value is -2.02. The number of esters is 1. The summed E-state index contributed by atoms with van der Waals surface area (Å²) < 4.78 is 10.2. The summed E-state index contributed by atoms with van der Waals surface area (Å²) in [5.74, 6) is 1.09. The molecule has 0 aliphatic carbocycles. The molecule has 0 amide bonds. The molecule has 0 spiro atoms. The van der Waals surface area contributed by atoms with Gasteiger partial charge < -0.3 is 24.9 Å². The third-order valence-electron chi connectivity index (χ3n) is 4.10. The molecule has 1 atom stereocenters. The minimum absolute atomic E-state index is 0.101. The molecule has 1 rings (SSSR count). The van der Waals surface area contributed by atoms with E-state index >= 15 is 0 Å². The van der Waals surface area contributed by atoms with Crippen LogP contribution in [0.3, 0.4) is 0 Å². The van der Waals surface area contributed by atoms with Crippen molar-refractivity contribution in [3.8, 4) is 0 Å². The van der Waals surface area contributed by atoms with E-state index in [2.05, 4.69) is 15.6 Å². The fourth-order valence-electron chi connectivity index (χ4n) is 2.60. The van der Waals surface area contributed by atoms with Crippen molar-refractivity contribution in [1.82, 2.24) is 10.6 Å². The van der Waals surface area contributed by atoms with E-state index in [4.69, 9.17) is 9.15 Å². The van der Waals surface area contributed by atoms with Crippen LogP contribution in [0, 0.1) is 0 Å². The molecule has 0 aliphatic heterocycles. The normalized spacial score (nSPS) is 13.9. The molecule has 0 saturated carbocycles. The maximum atomic E-state index is 11.2. The van der Waals surface area contributed by atoms with E-state index in [0.717, 1.165) is 45.2 Å². The quantitative estimate of drug-likeness (QED) is 0.210. The molecule has 0 aliphatic rings. The lowest BCUT2D eigenvalue weighted by atomic mass is 10.0. The summed E-state index contributed by atoms with van der Waals surface area (Å²) in [5, 5.41) is 16.9. The van der Waals surface area contributed by atoms with Gasteiger partial charge in [-0.2, -0.15) is 0 Å². The fraction of sp³-hybridized carbons (Fsp3) is 0.700. The maximum absolute atomic E-state index is 11.2. The summed E-state index contributed by atoms with van der Waals surface area (Å²) in [5.41, 5.74) is -1.13. The molecule has 0 bridgehead atoms. The Balaban J connectivity index is 2.22. The third-order valence-corrected chi connectivity index (χ3v) is 4.10. The van der Waals surface area contributed by atoms with E-state index < -0.39 is 5.60 Å². The van der Waals surface area contributed by atoms with Gasteiger partial charge in [0.15, 0.2) is 5.96 Å². The van der Waals surface area contributed by atoms with E-state index in [1.54, 1.807) is 25.3 Å². The number of nitrogens with one attached hydrogen (secondary N) is 2. The number of unbranched alkanes of at least 4 members (excludes halogenated alkanes) is 4. The first-order valence-corrected chi connectivity index (χ1v) is 9.93. The summed E-state index contributed by atoms with van der Waals surface area (Å²) in [7, 11) is 0. The Morgan fingerprint density at radius 1 is 1.22 bits per heavy atom. The van der Waals surface area contributed by atoms with Gasteiger partial charge in [0.1, 0.15) is 11.4 Å². The van der Waals surface area contributed by atoms with Gasteiger partial charge in [-0.1, -0.05) is 19.3 Å². The topological polar surface area (TPSA) is 96.1 Å². The van der Waals surface area contributed by atoms with Crippen LogP contribution in [0.1, 0.15) is 65.1 Å². The average Bonchev–Trinajstić information content (AvgIpc) is 3.17. The molecule has 1 aromatic heterocycles. The smallest absolute Gasteiger partial charge is 0.305 e. The van der Waals surface area contributed by atoms with Crippen molar-refractivity contribution < 1.29 is 19.1 Å². The molecule has 3 N–H and O–H groups in total. The zero-order valence-electron chi connectivity index (χ0n) is 16.9. The van der Waals surface area contributed by atoms with Gasteiger partial charge in [0, 0.05) is 19.5 Å². The number of carbonyl (C=O) groups is 1. The van der Waals surface area contributed by atoms with E-state index in [9.17, 15) is 9.90 Å². The van der Waals surface area contributed by atoms with Crippen LogP contribution < -0.4 is 10.6 Å². The van der Waals surface area contributed by atoms with Crippen molar-refractivity contribution in [3.63, 3.8) is 0 Å². The van der Waals surface area contributed by atoms with Crippen LogP contribution >= 0.6 is 0 Å². The fourth-order valence-corrected chi connectivity index (χ4v) is 2.60. The van der Waals surface area contributed by atoms with Crippen LogP contribution in [0.2, 0.25) is 0 Å². The number of hydrogen-bond acceptors (Lipinski definition) is 5. The third kappa shape index (κ3) is 10.0. The zero-order chi connectivity index (χ0) is 20.0. The second-order valence-corrected chi connectivity index (χ2v) is 6.70. The average molecular weight is 382 g/mol. The number of aliphatic hydroxyl groups is 1.